The van der Waals surface area contributed by atoms with Crippen LogP contribution in [0.1, 0.15) is 20.3 Å². The van der Waals surface area contributed by atoms with Crippen molar-refractivity contribution < 1.29 is 14.3 Å². The first-order valence-corrected chi connectivity index (χ1v) is 6.14. The number of carbonyl (C=O) groups excluding carboxylic acids is 1. The molecule has 5 heteroatoms. The van der Waals surface area contributed by atoms with Crippen LogP contribution in [0, 0.1) is 0 Å². The van der Waals surface area contributed by atoms with E-state index in [2.05, 4.69) is 31.9 Å². The van der Waals surface area contributed by atoms with Crippen LogP contribution in [0.15, 0.2) is 10.2 Å². The van der Waals surface area contributed by atoms with Gasteiger partial charge in [-0.3, -0.25) is 0 Å². The van der Waals surface area contributed by atoms with Gasteiger partial charge < -0.3 is 9.47 Å². The molecular weight excluding hydrogens is 316 g/mol. The summed E-state index contributed by atoms with van der Waals surface area (Å²) in [5, 5.41) is 0. The molecule has 3 nitrogen and oxygen atoms in total. The van der Waals surface area contributed by atoms with E-state index in [-0.39, 0.29) is 16.9 Å². The van der Waals surface area contributed by atoms with Crippen LogP contribution in [-0.2, 0) is 14.3 Å². The largest absolute Gasteiger partial charge is 0.492 e. The Labute approximate surface area is 100 Å². The zero-order valence-corrected chi connectivity index (χ0v) is 11.2. The lowest BCUT2D eigenvalue weighted by molar-refractivity contribution is -0.137. The van der Waals surface area contributed by atoms with Crippen LogP contribution in [0.4, 0.5) is 0 Å². The van der Waals surface area contributed by atoms with Gasteiger partial charge in [0.25, 0.3) is 0 Å². The molecule has 0 radical (unpaired) electrons. The molecule has 0 aromatic carbocycles. The van der Waals surface area contributed by atoms with Crippen LogP contribution in [0.25, 0.3) is 0 Å². The second-order valence-corrected chi connectivity index (χ2v) is 4.93. The van der Waals surface area contributed by atoms with E-state index >= 15 is 0 Å². The number of alkyl halides is 1. The summed E-state index contributed by atoms with van der Waals surface area (Å²) >= 11 is 6.63. The lowest BCUT2D eigenvalue weighted by Crippen LogP contribution is -2.08. The monoisotopic (exact) mass is 326 g/mol. The Morgan fingerprint density at radius 2 is 2.36 bits per heavy atom. The molecule has 0 amide bonds. The van der Waals surface area contributed by atoms with Crippen LogP contribution in [-0.4, -0.2) is 23.5 Å². The number of halogens is 2. The van der Waals surface area contributed by atoms with Gasteiger partial charge >= 0.3 is 5.97 Å². The van der Waals surface area contributed by atoms with E-state index in [0.29, 0.717) is 16.8 Å². The lowest BCUT2D eigenvalue weighted by atomic mass is 10.2. The maximum absolute atomic E-state index is 11.4. The highest BCUT2D eigenvalue weighted by Gasteiger charge is 2.30. The molecule has 14 heavy (non-hydrogen) atoms. The molecule has 1 rings (SSSR count). The van der Waals surface area contributed by atoms with E-state index in [9.17, 15) is 4.79 Å². The minimum absolute atomic E-state index is 0.0938. The van der Waals surface area contributed by atoms with Gasteiger partial charge in [0.1, 0.15) is 10.2 Å². The molecule has 80 valence electrons. The molecule has 0 saturated carbocycles. The second-order valence-electron chi connectivity index (χ2n) is 3.03. The number of rotatable bonds is 2. The molecule has 0 aromatic rings. The molecule has 0 unspecified atom stereocenters. The minimum atomic E-state index is -0.374. The summed E-state index contributed by atoms with van der Waals surface area (Å²) in [5.41, 5.74) is 0. The highest BCUT2D eigenvalue weighted by Crippen LogP contribution is 2.34. The average molecular weight is 328 g/mol. The van der Waals surface area contributed by atoms with Gasteiger partial charge in [0.15, 0.2) is 0 Å². The summed E-state index contributed by atoms with van der Waals surface area (Å²) in [7, 11) is 0. The number of hydrogen-bond donors (Lipinski definition) is 0. The third-order valence-electron chi connectivity index (χ3n) is 1.82. The average Bonchev–Trinajstić information content (AvgIpc) is 2.44. The van der Waals surface area contributed by atoms with Crippen LogP contribution >= 0.6 is 31.9 Å². The van der Waals surface area contributed by atoms with Crippen molar-refractivity contribution >= 4 is 37.8 Å². The molecule has 1 fully saturated rings. The van der Waals surface area contributed by atoms with Crippen LogP contribution in [0.2, 0.25) is 0 Å². The van der Waals surface area contributed by atoms with Crippen molar-refractivity contribution in [3.63, 3.8) is 0 Å². The van der Waals surface area contributed by atoms with Gasteiger partial charge in [0.2, 0.25) is 0 Å². The van der Waals surface area contributed by atoms with Crippen LogP contribution < -0.4 is 0 Å². The summed E-state index contributed by atoms with van der Waals surface area (Å²) in [6.07, 6.45) is 1.00. The van der Waals surface area contributed by atoms with Gasteiger partial charge in [-0.25, -0.2) is 4.79 Å². The van der Waals surface area contributed by atoms with Crippen molar-refractivity contribution in [2.45, 2.75) is 31.2 Å². The smallest absolute Gasteiger partial charge is 0.348 e. The predicted octanol–water partition coefficient (Wildman–Crippen LogP) is 2.73. The fraction of sp³-hybridized carbons (Fsp3) is 0.667. The molecule has 1 saturated heterocycles. The van der Waals surface area contributed by atoms with Crippen molar-refractivity contribution in [1.29, 1.82) is 0 Å². The Hall–Kier alpha value is -0.0300. The summed E-state index contributed by atoms with van der Waals surface area (Å²) < 4.78 is 10.7. The summed E-state index contributed by atoms with van der Waals surface area (Å²) in [6.45, 7) is 4.10. The molecule has 1 heterocycles. The lowest BCUT2D eigenvalue weighted by Gasteiger charge is -2.07. The summed E-state index contributed by atoms with van der Waals surface area (Å²) in [6, 6.07) is 0. The van der Waals surface area contributed by atoms with Crippen molar-refractivity contribution in [2.24, 2.45) is 0 Å². The highest BCUT2D eigenvalue weighted by molar-refractivity contribution is 9.12. The molecule has 2 atom stereocenters. The topological polar surface area (TPSA) is 35.5 Å². The van der Waals surface area contributed by atoms with E-state index < -0.39 is 0 Å². The van der Waals surface area contributed by atoms with E-state index in [1.165, 1.54) is 0 Å². The van der Waals surface area contributed by atoms with Crippen molar-refractivity contribution in [2.75, 3.05) is 6.61 Å². The van der Waals surface area contributed by atoms with Crippen LogP contribution in [0.5, 0.6) is 0 Å². The third-order valence-corrected chi connectivity index (χ3v) is 3.33. The standard InChI is InChI=1S/C9H12Br2O3/c1-3-13-9(12)7(11)8-6(10)4-5(2)14-8/h5-6H,3-4H2,1-2H3/b8-7-/t5-,6-/m0/s1. The fourth-order valence-corrected chi connectivity index (χ4v) is 2.88. The Bertz CT molecular complexity index is 263. The fourth-order valence-electron chi connectivity index (χ4n) is 1.22. The molecule has 0 spiro atoms. The molecular formula is C9H12Br2O3. The summed E-state index contributed by atoms with van der Waals surface area (Å²) in [5.74, 6) is 0.261. The Kier molecular flexibility index (Phi) is 4.44. The number of allylic oxidation sites excluding steroid dienone is 1. The van der Waals surface area contributed by atoms with Crippen molar-refractivity contribution in [3.05, 3.63) is 10.2 Å². The number of hydrogen-bond acceptors (Lipinski definition) is 3. The quantitative estimate of drug-likeness (QED) is 0.444. The predicted molar refractivity (Wildman–Crippen MR) is 60.5 cm³/mol. The first kappa shape index (κ1) is 12.0. The van der Waals surface area contributed by atoms with Gasteiger partial charge in [-0.05, 0) is 29.8 Å². The van der Waals surface area contributed by atoms with E-state index in [0.717, 1.165) is 6.42 Å². The first-order valence-electron chi connectivity index (χ1n) is 4.43. The second kappa shape index (κ2) is 5.16. The molecule has 0 aliphatic carbocycles. The van der Waals surface area contributed by atoms with Gasteiger partial charge in [-0.15, -0.1) is 0 Å². The molecule has 0 N–H and O–H groups in total. The van der Waals surface area contributed by atoms with Gasteiger partial charge in [0, 0.05) is 6.42 Å². The maximum atomic E-state index is 11.4. The first-order chi connectivity index (χ1) is 6.56. The van der Waals surface area contributed by atoms with Gasteiger partial charge in [0.05, 0.1) is 17.5 Å². The third kappa shape index (κ3) is 2.73. The number of ether oxygens (including phenoxy) is 2. The molecule has 0 bridgehead atoms. The Balaban J connectivity index is 2.77. The maximum Gasteiger partial charge on any atom is 0.348 e. The zero-order chi connectivity index (χ0) is 10.7. The minimum Gasteiger partial charge on any atom is -0.492 e. The van der Waals surface area contributed by atoms with Crippen LogP contribution in [0.3, 0.4) is 0 Å². The molecule has 1 aliphatic heterocycles. The summed E-state index contributed by atoms with van der Waals surface area (Å²) in [4.78, 5) is 11.4. The molecule has 1 aliphatic rings. The van der Waals surface area contributed by atoms with Gasteiger partial charge in [-0.2, -0.15) is 0 Å². The normalized spacial score (nSPS) is 29.7. The van der Waals surface area contributed by atoms with Crippen molar-refractivity contribution in [1.82, 2.24) is 0 Å². The SMILES string of the molecule is CCOC(=O)/C(Br)=C1/O[C@@H](C)C[C@@H]1Br. The van der Waals surface area contributed by atoms with Crippen molar-refractivity contribution in [3.8, 4) is 0 Å². The van der Waals surface area contributed by atoms with Gasteiger partial charge in [-0.1, -0.05) is 15.9 Å². The number of esters is 1. The van der Waals surface area contributed by atoms with E-state index in [1.54, 1.807) is 6.92 Å². The van der Waals surface area contributed by atoms with E-state index in [4.69, 9.17) is 9.47 Å². The zero-order valence-electron chi connectivity index (χ0n) is 8.05. The Morgan fingerprint density at radius 1 is 1.71 bits per heavy atom. The number of carbonyl (C=O) groups is 1. The Morgan fingerprint density at radius 3 is 2.79 bits per heavy atom. The van der Waals surface area contributed by atoms with E-state index in [1.807, 2.05) is 6.92 Å². The highest BCUT2D eigenvalue weighted by atomic mass is 79.9. The molecule has 0 aromatic heterocycles.